The molecule has 0 aliphatic carbocycles. The van der Waals surface area contributed by atoms with E-state index in [2.05, 4.69) is 10.2 Å². The van der Waals surface area contributed by atoms with Crippen molar-refractivity contribution in [2.24, 2.45) is 5.73 Å². The Morgan fingerprint density at radius 2 is 2.00 bits per heavy atom. The third-order valence-electron chi connectivity index (χ3n) is 3.18. The van der Waals surface area contributed by atoms with Gasteiger partial charge in [0.15, 0.2) is 4.34 Å². The van der Waals surface area contributed by atoms with Gasteiger partial charge in [-0.1, -0.05) is 53.4 Å². The molecule has 3 N–H and O–H groups in total. The lowest BCUT2D eigenvalue weighted by atomic mass is 9.89. The van der Waals surface area contributed by atoms with E-state index >= 15 is 0 Å². The molecule has 0 bridgehead atoms. The molecule has 1 atom stereocenters. The van der Waals surface area contributed by atoms with Crippen molar-refractivity contribution in [2.75, 3.05) is 31.4 Å². The van der Waals surface area contributed by atoms with Crippen LogP contribution in [0.15, 0.2) is 34.7 Å². The first-order valence-electron chi connectivity index (χ1n) is 6.64. The second kappa shape index (κ2) is 7.22. The van der Waals surface area contributed by atoms with E-state index in [0.717, 1.165) is 20.8 Å². The molecule has 2 rings (SSSR count). The first-order valence-corrected chi connectivity index (χ1v) is 8.44. The predicted molar refractivity (Wildman–Crippen MR) is 89.0 cm³/mol. The van der Waals surface area contributed by atoms with Gasteiger partial charge in [0.2, 0.25) is 5.13 Å². The van der Waals surface area contributed by atoms with E-state index in [-0.39, 0.29) is 6.61 Å². The third kappa shape index (κ3) is 4.16. The minimum atomic E-state index is -0.705. The topological polar surface area (TPSA) is 75.3 Å². The highest BCUT2D eigenvalue weighted by Crippen LogP contribution is 2.30. The molecule has 0 aliphatic rings. The molecule has 0 amide bonds. The Hall–Kier alpha value is -1.15. The summed E-state index contributed by atoms with van der Waals surface area (Å²) in [7, 11) is 3.89. The molecule has 7 heteroatoms. The van der Waals surface area contributed by atoms with E-state index in [1.165, 1.54) is 0 Å². The number of rotatable bonds is 7. The standard InChI is InChI=1S/C14H20N4OS2/c1-18(2)12-16-17-13(21-12)20-9-8-14(15,10-19)11-6-4-3-5-7-11/h3-7,19H,8-10,15H2,1-2H3. The summed E-state index contributed by atoms with van der Waals surface area (Å²) >= 11 is 3.18. The van der Waals surface area contributed by atoms with Crippen LogP contribution in [0.4, 0.5) is 5.13 Å². The van der Waals surface area contributed by atoms with Crippen molar-refractivity contribution in [3.05, 3.63) is 35.9 Å². The summed E-state index contributed by atoms with van der Waals surface area (Å²) in [6.07, 6.45) is 0.676. The lowest BCUT2D eigenvalue weighted by Gasteiger charge is -2.27. The van der Waals surface area contributed by atoms with Crippen molar-refractivity contribution >= 4 is 28.2 Å². The quantitative estimate of drug-likeness (QED) is 0.758. The zero-order valence-corrected chi connectivity index (χ0v) is 13.8. The molecule has 0 spiro atoms. The van der Waals surface area contributed by atoms with Crippen LogP contribution in [0, 0.1) is 0 Å². The number of aliphatic hydroxyl groups excluding tert-OH is 1. The average molecular weight is 324 g/mol. The van der Waals surface area contributed by atoms with Crippen molar-refractivity contribution in [2.45, 2.75) is 16.3 Å². The van der Waals surface area contributed by atoms with Crippen molar-refractivity contribution in [3.63, 3.8) is 0 Å². The molecule has 2 aromatic rings. The van der Waals surface area contributed by atoms with E-state index in [1.807, 2.05) is 49.3 Å². The Balaban J connectivity index is 1.94. The Labute approximate surface area is 133 Å². The van der Waals surface area contributed by atoms with Gasteiger partial charge in [-0.05, 0) is 12.0 Å². The number of thioether (sulfide) groups is 1. The molecule has 1 unspecified atom stereocenters. The van der Waals surface area contributed by atoms with Crippen molar-refractivity contribution in [3.8, 4) is 0 Å². The lowest BCUT2D eigenvalue weighted by molar-refractivity contribution is 0.193. The highest BCUT2D eigenvalue weighted by molar-refractivity contribution is 8.01. The van der Waals surface area contributed by atoms with E-state index in [9.17, 15) is 5.11 Å². The van der Waals surface area contributed by atoms with Gasteiger partial charge < -0.3 is 15.7 Å². The molecular formula is C14H20N4OS2. The van der Waals surface area contributed by atoms with Crippen molar-refractivity contribution in [1.29, 1.82) is 0 Å². The summed E-state index contributed by atoms with van der Waals surface area (Å²) < 4.78 is 0.923. The smallest absolute Gasteiger partial charge is 0.208 e. The molecular weight excluding hydrogens is 304 g/mol. The number of aromatic nitrogens is 2. The van der Waals surface area contributed by atoms with Crippen LogP contribution in [0.3, 0.4) is 0 Å². The molecule has 1 heterocycles. The van der Waals surface area contributed by atoms with E-state index in [1.54, 1.807) is 23.1 Å². The van der Waals surface area contributed by atoms with Crippen LogP contribution in [0.5, 0.6) is 0 Å². The Morgan fingerprint density at radius 1 is 1.29 bits per heavy atom. The summed E-state index contributed by atoms with van der Waals surface area (Å²) in [5, 5.41) is 18.8. The molecule has 0 radical (unpaired) electrons. The summed E-state index contributed by atoms with van der Waals surface area (Å²) in [4.78, 5) is 1.94. The number of aliphatic hydroxyl groups is 1. The van der Waals surface area contributed by atoms with Crippen molar-refractivity contribution in [1.82, 2.24) is 10.2 Å². The lowest BCUT2D eigenvalue weighted by Crippen LogP contribution is -2.41. The fraction of sp³-hybridized carbons (Fsp3) is 0.429. The fourth-order valence-electron chi connectivity index (χ4n) is 1.85. The largest absolute Gasteiger partial charge is 0.394 e. The summed E-state index contributed by atoms with van der Waals surface area (Å²) in [6.45, 7) is -0.0728. The van der Waals surface area contributed by atoms with Gasteiger partial charge >= 0.3 is 0 Å². The summed E-state index contributed by atoms with van der Waals surface area (Å²) in [5.41, 5.74) is 6.58. The molecule has 0 aliphatic heterocycles. The van der Waals surface area contributed by atoms with Crippen LogP contribution in [0.2, 0.25) is 0 Å². The number of anilines is 1. The van der Waals surface area contributed by atoms with Gasteiger partial charge in [0.25, 0.3) is 0 Å². The Bertz CT molecular complexity index is 561. The van der Waals surface area contributed by atoms with Gasteiger partial charge in [0.05, 0.1) is 12.1 Å². The second-order valence-corrected chi connectivity index (χ2v) is 7.32. The maximum absolute atomic E-state index is 9.65. The van der Waals surface area contributed by atoms with Gasteiger partial charge in [-0.2, -0.15) is 0 Å². The predicted octanol–water partition coefficient (Wildman–Crippen LogP) is 1.93. The monoisotopic (exact) mass is 324 g/mol. The zero-order chi connectivity index (χ0) is 15.3. The number of nitrogens with zero attached hydrogens (tertiary/aromatic N) is 3. The summed E-state index contributed by atoms with van der Waals surface area (Å²) in [6, 6.07) is 9.73. The van der Waals surface area contributed by atoms with E-state index < -0.39 is 5.54 Å². The van der Waals surface area contributed by atoms with E-state index in [4.69, 9.17) is 5.73 Å². The maximum Gasteiger partial charge on any atom is 0.208 e. The van der Waals surface area contributed by atoms with Crippen LogP contribution >= 0.6 is 23.1 Å². The first kappa shape index (κ1) is 16.2. The van der Waals surface area contributed by atoms with Gasteiger partial charge in [0, 0.05) is 19.8 Å². The molecule has 5 nitrogen and oxygen atoms in total. The Kier molecular flexibility index (Phi) is 5.58. The van der Waals surface area contributed by atoms with Crippen LogP contribution in [-0.4, -0.2) is 41.8 Å². The molecule has 0 saturated heterocycles. The fourth-order valence-corrected chi connectivity index (χ4v) is 3.80. The average Bonchev–Trinajstić information content (AvgIpc) is 2.97. The van der Waals surface area contributed by atoms with Gasteiger partial charge in [-0.3, -0.25) is 0 Å². The molecule has 114 valence electrons. The van der Waals surface area contributed by atoms with Crippen LogP contribution in [0.25, 0.3) is 0 Å². The molecule has 1 aromatic carbocycles. The summed E-state index contributed by atoms with van der Waals surface area (Å²) in [5.74, 6) is 0.786. The van der Waals surface area contributed by atoms with Crippen molar-refractivity contribution < 1.29 is 5.11 Å². The highest BCUT2D eigenvalue weighted by Gasteiger charge is 2.26. The van der Waals surface area contributed by atoms with Crippen LogP contribution in [-0.2, 0) is 5.54 Å². The highest BCUT2D eigenvalue weighted by atomic mass is 32.2. The maximum atomic E-state index is 9.65. The second-order valence-electron chi connectivity index (χ2n) is 5.02. The molecule has 21 heavy (non-hydrogen) atoms. The molecule has 0 fully saturated rings. The van der Waals surface area contributed by atoms with Gasteiger partial charge in [-0.15, -0.1) is 10.2 Å². The number of nitrogens with two attached hydrogens (primary N) is 1. The van der Waals surface area contributed by atoms with Gasteiger partial charge in [-0.25, -0.2) is 0 Å². The third-order valence-corrected chi connectivity index (χ3v) is 5.41. The SMILES string of the molecule is CN(C)c1nnc(SCCC(N)(CO)c2ccccc2)s1. The van der Waals surface area contributed by atoms with Crippen LogP contribution in [0.1, 0.15) is 12.0 Å². The number of hydrogen-bond acceptors (Lipinski definition) is 7. The molecule has 0 saturated carbocycles. The zero-order valence-electron chi connectivity index (χ0n) is 12.2. The Morgan fingerprint density at radius 3 is 2.57 bits per heavy atom. The number of hydrogen-bond donors (Lipinski definition) is 2. The molecule has 1 aromatic heterocycles. The minimum absolute atomic E-state index is 0.0728. The van der Waals surface area contributed by atoms with E-state index in [0.29, 0.717) is 6.42 Å². The van der Waals surface area contributed by atoms with Gasteiger partial charge in [0.1, 0.15) is 0 Å². The van der Waals surface area contributed by atoms with Crippen LogP contribution < -0.4 is 10.6 Å². The first-order chi connectivity index (χ1) is 10.0. The minimum Gasteiger partial charge on any atom is -0.394 e. The normalized spacial score (nSPS) is 13.9. The number of benzene rings is 1.